The SMILES string of the molecule is C[C@H](CCCC(C)(C)O)C1CC(=O)C2=C3CCC4CC(O)CC[C@]4(C)[C@H]3CC[C@@]21C. The second kappa shape index (κ2) is 7.73. The van der Waals surface area contributed by atoms with Gasteiger partial charge in [0.2, 0.25) is 0 Å². The minimum atomic E-state index is -0.595. The standard InChI is InChI=1S/C27H44O3/c1-17(7-6-12-25(2,3)30)22-16-23(29)24-20-9-8-18-15-19(28)10-13-26(18,4)21(20)11-14-27(22,24)5/h17-19,21-22,28,30H,6-16H2,1-5H3/t17-,18?,19?,21+,22?,26+,27-/m1/s1. The third kappa shape index (κ3) is 3.72. The Hall–Kier alpha value is -0.670. The summed E-state index contributed by atoms with van der Waals surface area (Å²) in [6, 6.07) is 0. The minimum absolute atomic E-state index is 0.0500. The Labute approximate surface area is 183 Å². The van der Waals surface area contributed by atoms with Crippen LogP contribution in [0.25, 0.3) is 0 Å². The molecule has 170 valence electrons. The van der Waals surface area contributed by atoms with Gasteiger partial charge in [-0.3, -0.25) is 4.79 Å². The number of Topliss-reactive ketones (excluding diaryl/α,β-unsaturated/α-hetero) is 1. The molecular weight excluding hydrogens is 372 g/mol. The first-order valence-corrected chi connectivity index (χ1v) is 12.6. The molecule has 7 atom stereocenters. The molecule has 0 aromatic carbocycles. The van der Waals surface area contributed by atoms with Gasteiger partial charge < -0.3 is 10.2 Å². The molecule has 4 aliphatic rings. The molecule has 0 heterocycles. The zero-order valence-corrected chi connectivity index (χ0v) is 20.0. The molecule has 0 saturated heterocycles. The zero-order chi connectivity index (χ0) is 21.9. The van der Waals surface area contributed by atoms with Crippen LogP contribution in [0.1, 0.15) is 105 Å². The van der Waals surface area contributed by atoms with Crippen LogP contribution in [0.5, 0.6) is 0 Å². The molecule has 0 radical (unpaired) electrons. The molecule has 2 N–H and O–H groups in total. The zero-order valence-electron chi connectivity index (χ0n) is 20.0. The van der Waals surface area contributed by atoms with E-state index >= 15 is 0 Å². The Bertz CT molecular complexity index is 716. The van der Waals surface area contributed by atoms with E-state index in [0.717, 1.165) is 64.2 Å². The van der Waals surface area contributed by atoms with Gasteiger partial charge in [-0.2, -0.15) is 0 Å². The Balaban J connectivity index is 1.57. The maximum atomic E-state index is 13.4. The van der Waals surface area contributed by atoms with Crippen molar-refractivity contribution < 1.29 is 15.0 Å². The van der Waals surface area contributed by atoms with Crippen molar-refractivity contribution in [3.05, 3.63) is 11.1 Å². The van der Waals surface area contributed by atoms with Crippen molar-refractivity contribution >= 4 is 5.78 Å². The predicted molar refractivity (Wildman–Crippen MR) is 121 cm³/mol. The van der Waals surface area contributed by atoms with Crippen LogP contribution >= 0.6 is 0 Å². The van der Waals surface area contributed by atoms with Gasteiger partial charge >= 0.3 is 0 Å². The highest BCUT2D eigenvalue weighted by molar-refractivity contribution is 6.00. The first-order chi connectivity index (χ1) is 14.0. The van der Waals surface area contributed by atoms with E-state index in [2.05, 4.69) is 20.8 Å². The van der Waals surface area contributed by atoms with Crippen LogP contribution in [0.3, 0.4) is 0 Å². The van der Waals surface area contributed by atoms with Crippen molar-refractivity contribution in [3.63, 3.8) is 0 Å². The summed E-state index contributed by atoms with van der Waals surface area (Å²) in [7, 11) is 0. The fraction of sp³-hybridized carbons (Fsp3) is 0.889. The van der Waals surface area contributed by atoms with Crippen LogP contribution in [0.4, 0.5) is 0 Å². The lowest BCUT2D eigenvalue weighted by atomic mass is 9.48. The van der Waals surface area contributed by atoms with Crippen LogP contribution in [0, 0.1) is 34.5 Å². The number of hydrogen-bond acceptors (Lipinski definition) is 3. The smallest absolute Gasteiger partial charge is 0.159 e. The van der Waals surface area contributed by atoms with E-state index in [1.165, 1.54) is 17.6 Å². The van der Waals surface area contributed by atoms with Gasteiger partial charge in [-0.05, 0) is 99.7 Å². The summed E-state index contributed by atoms with van der Waals surface area (Å²) in [6.45, 7) is 11.0. The second-order valence-electron chi connectivity index (χ2n) is 12.5. The van der Waals surface area contributed by atoms with Crippen LogP contribution in [-0.2, 0) is 4.79 Å². The molecule has 30 heavy (non-hydrogen) atoms. The molecular formula is C27H44O3. The number of rotatable bonds is 5. The van der Waals surface area contributed by atoms with Gasteiger partial charge in [0.1, 0.15) is 0 Å². The summed E-state index contributed by atoms with van der Waals surface area (Å²) in [5, 5.41) is 20.3. The number of carbonyl (C=O) groups is 1. The molecule has 0 aromatic heterocycles. The molecule has 3 nitrogen and oxygen atoms in total. The third-order valence-electron chi connectivity index (χ3n) is 9.97. The van der Waals surface area contributed by atoms with E-state index < -0.39 is 5.60 Å². The summed E-state index contributed by atoms with van der Waals surface area (Å²) >= 11 is 0. The summed E-state index contributed by atoms with van der Waals surface area (Å²) in [4.78, 5) is 13.4. The van der Waals surface area contributed by atoms with Crippen molar-refractivity contribution in [2.24, 2.45) is 34.5 Å². The highest BCUT2D eigenvalue weighted by Crippen LogP contribution is 2.65. The van der Waals surface area contributed by atoms with E-state index in [4.69, 9.17) is 0 Å². The normalized spacial score (nSPS) is 42.6. The fourth-order valence-electron chi connectivity index (χ4n) is 8.23. The summed E-state index contributed by atoms with van der Waals surface area (Å²) < 4.78 is 0. The lowest BCUT2D eigenvalue weighted by Gasteiger charge is -2.56. The summed E-state index contributed by atoms with van der Waals surface area (Å²) in [5.41, 5.74) is 2.49. The molecule has 0 aromatic rings. The van der Waals surface area contributed by atoms with E-state index in [0.29, 0.717) is 29.5 Å². The molecule has 4 rings (SSSR count). The largest absolute Gasteiger partial charge is 0.393 e. The second-order valence-corrected chi connectivity index (χ2v) is 12.5. The highest BCUT2D eigenvalue weighted by atomic mass is 16.3. The minimum Gasteiger partial charge on any atom is -0.393 e. The van der Waals surface area contributed by atoms with Gasteiger partial charge in [-0.25, -0.2) is 0 Å². The molecule has 0 bridgehead atoms. The lowest BCUT2D eigenvalue weighted by molar-refractivity contribution is -0.115. The summed E-state index contributed by atoms with van der Waals surface area (Å²) in [5.74, 6) is 2.59. The van der Waals surface area contributed by atoms with Crippen molar-refractivity contribution in [1.29, 1.82) is 0 Å². The maximum absolute atomic E-state index is 13.4. The monoisotopic (exact) mass is 416 g/mol. The van der Waals surface area contributed by atoms with Crippen LogP contribution in [0.2, 0.25) is 0 Å². The first-order valence-electron chi connectivity index (χ1n) is 12.6. The quantitative estimate of drug-likeness (QED) is 0.593. The Morgan fingerprint density at radius 2 is 1.90 bits per heavy atom. The van der Waals surface area contributed by atoms with Crippen LogP contribution < -0.4 is 0 Å². The van der Waals surface area contributed by atoms with E-state index in [1.807, 2.05) is 13.8 Å². The third-order valence-corrected chi connectivity index (χ3v) is 9.97. The van der Waals surface area contributed by atoms with E-state index in [9.17, 15) is 15.0 Å². The fourth-order valence-corrected chi connectivity index (χ4v) is 8.23. The highest BCUT2D eigenvalue weighted by Gasteiger charge is 2.58. The Kier molecular flexibility index (Phi) is 5.80. The maximum Gasteiger partial charge on any atom is 0.159 e. The number of aliphatic hydroxyl groups is 2. The average Bonchev–Trinajstić information content (AvgIpc) is 2.92. The van der Waals surface area contributed by atoms with Crippen molar-refractivity contribution in [1.82, 2.24) is 0 Å². The molecule has 3 heteroatoms. The number of ketones is 1. The molecule has 3 unspecified atom stereocenters. The molecule has 0 aliphatic heterocycles. The van der Waals surface area contributed by atoms with Crippen molar-refractivity contribution in [2.45, 2.75) is 117 Å². The van der Waals surface area contributed by atoms with Gasteiger partial charge in [0.25, 0.3) is 0 Å². The Morgan fingerprint density at radius 3 is 2.60 bits per heavy atom. The van der Waals surface area contributed by atoms with Crippen LogP contribution in [0.15, 0.2) is 11.1 Å². The van der Waals surface area contributed by atoms with Gasteiger partial charge in [0, 0.05) is 12.0 Å². The van der Waals surface area contributed by atoms with Crippen molar-refractivity contribution in [2.75, 3.05) is 0 Å². The van der Waals surface area contributed by atoms with Gasteiger partial charge in [-0.15, -0.1) is 0 Å². The van der Waals surface area contributed by atoms with Crippen molar-refractivity contribution in [3.8, 4) is 0 Å². The number of aliphatic hydroxyl groups excluding tert-OH is 1. The average molecular weight is 417 g/mol. The van der Waals surface area contributed by atoms with E-state index in [-0.39, 0.29) is 16.9 Å². The topological polar surface area (TPSA) is 57.5 Å². The number of allylic oxidation sites excluding steroid dienone is 2. The van der Waals surface area contributed by atoms with Gasteiger partial charge in [0.05, 0.1) is 11.7 Å². The number of fused-ring (bicyclic) bond motifs is 4. The number of hydrogen-bond donors (Lipinski definition) is 2. The number of carbonyl (C=O) groups excluding carboxylic acids is 1. The van der Waals surface area contributed by atoms with Crippen LogP contribution in [-0.4, -0.2) is 27.7 Å². The molecule has 3 saturated carbocycles. The Morgan fingerprint density at radius 1 is 1.17 bits per heavy atom. The van der Waals surface area contributed by atoms with Gasteiger partial charge in [-0.1, -0.05) is 39.2 Å². The lowest BCUT2D eigenvalue weighted by Crippen LogP contribution is -2.48. The summed E-state index contributed by atoms with van der Waals surface area (Å²) in [6.07, 6.45) is 11.2. The van der Waals surface area contributed by atoms with E-state index in [1.54, 1.807) is 0 Å². The molecule has 0 amide bonds. The predicted octanol–water partition coefficient (Wildman–Crippen LogP) is 5.83. The van der Waals surface area contributed by atoms with Gasteiger partial charge in [0.15, 0.2) is 5.78 Å². The first kappa shape index (κ1) is 22.5. The molecule has 0 spiro atoms. The molecule has 3 fully saturated rings. The molecule has 4 aliphatic carbocycles.